The van der Waals surface area contributed by atoms with Crippen molar-refractivity contribution in [3.05, 3.63) is 67.0 Å². The first-order valence-electron chi connectivity index (χ1n) is 8.55. The van der Waals surface area contributed by atoms with E-state index in [0.717, 1.165) is 16.9 Å². The van der Waals surface area contributed by atoms with Crippen molar-refractivity contribution in [3.63, 3.8) is 0 Å². The largest absolute Gasteiger partial charge is 0.486 e. The summed E-state index contributed by atoms with van der Waals surface area (Å²) in [6, 6.07) is 9.31. The van der Waals surface area contributed by atoms with E-state index in [1.54, 1.807) is 42.8 Å². The second-order valence-corrected chi connectivity index (χ2v) is 6.27. The first-order chi connectivity index (χ1) is 13.2. The van der Waals surface area contributed by atoms with E-state index in [4.69, 9.17) is 9.47 Å². The van der Waals surface area contributed by atoms with Crippen LogP contribution in [0.3, 0.4) is 0 Å². The molecule has 0 saturated heterocycles. The molecule has 0 aliphatic carbocycles. The van der Waals surface area contributed by atoms with Crippen LogP contribution in [0.1, 0.15) is 10.4 Å². The van der Waals surface area contributed by atoms with Crippen LogP contribution in [0.25, 0.3) is 11.1 Å². The number of rotatable bonds is 4. The fourth-order valence-corrected chi connectivity index (χ4v) is 2.92. The number of ether oxygens (including phenoxy) is 2. The number of amides is 1. The average molecular weight is 362 g/mol. The Morgan fingerprint density at radius 1 is 1.07 bits per heavy atom. The monoisotopic (exact) mass is 362 g/mol. The maximum absolute atomic E-state index is 12.8. The van der Waals surface area contributed by atoms with Gasteiger partial charge in [0.15, 0.2) is 17.6 Å². The van der Waals surface area contributed by atoms with Crippen molar-refractivity contribution in [2.45, 2.75) is 6.10 Å². The van der Waals surface area contributed by atoms with E-state index >= 15 is 0 Å². The lowest BCUT2D eigenvalue weighted by molar-refractivity contribution is 0.0520. The maximum atomic E-state index is 12.8. The lowest BCUT2D eigenvalue weighted by Gasteiger charge is -2.29. The van der Waals surface area contributed by atoms with Crippen LogP contribution < -0.4 is 9.47 Å². The molecule has 0 saturated carbocycles. The second kappa shape index (κ2) is 7.41. The quantitative estimate of drug-likeness (QED) is 0.709. The molecule has 3 heterocycles. The zero-order chi connectivity index (χ0) is 18.6. The van der Waals surface area contributed by atoms with Gasteiger partial charge < -0.3 is 14.4 Å². The van der Waals surface area contributed by atoms with Crippen LogP contribution in [0.2, 0.25) is 0 Å². The third-order valence-corrected chi connectivity index (χ3v) is 4.27. The summed E-state index contributed by atoms with van der Waals surface area (Å²) in [5, 5.41) is 0. The molecule has 136 valence electrons. The molecule has 0 N–H and O–H groups in total. The Labute approximate surface area is 156 Å². The Morgan fingerprint density at radius 3 is 2.63 bits per heavy atom. The first kappa shape index (κ1) is 17.0. The van der Waals surface area contributed by atoms with Crippen LogP contribution in [-0.4, -0.2) is 52.1 Å². The van der Waals surface area contributed by atoms with Gasteiger partial charge in [0.05, 0.1) is 12.1 Å². The minimum atomic E-state index is -0.229. The summed E-state index contributed by atoms with van der Waals surface area (Å²) >= 11 is 0. The van der Waals surface area contributed by atoms with E-state index in [9.17, 15) is 4.79 Å². The van der Waals surface area contributed by atoms with Gasteiger partial charge >= 0.3 is 0 Å². The molecule has 7 nitrogen and oxygen atoms in total. The highest BCUT2D eigenvalue weighted by Crippen LogP contribution is 2.31. The number of hydrogen-bond acceptors (Lipinski definition) is 6. The van der Waals surface area contributed by atoms with Crippen molar-refractivity contribution >= 4 is 5.91 Å². The van der Waals surface area contributed by atoms with Crippen LogP contribution in [0.5, 0.6) is 11.5 Å². The number of carbonyl (C=O) groups is 1. The van der Waals surface area contributed by atoms with Crippen molar-refractivity contribution in [1.82, 2.24) is 19.9 Å². The van der Waals surface area contributed by atoms with E-state index in [1.807, 2.05) is 24.3 Å². The molecule has 27 heavy (non-hydrogen) atoms. The number of benzene rings is 1. The van der Waals surface area contributed by atoms with E-state index < -0.39 is 0 Å². The Bertz CT molecular complexity index is 949. The fourth-order valence-electron chi connectivity index (χ4n) is 2.92. The van der Waals surface area contributed by atoms with Gasteiger partial charge in [0, 0.05) is 43.0 Å². The zero-order valence-electron chi connectivity index (χ0n) is 14.8. The highest BCUT2D eigenvalue weighted by atomic mass is 16.6. The number of para-hydroxylation sites is 2. The molecule has 1 atom stereocenters. The van der Waals surface area contributed by atoms with Gasteiger partial charge in [-0.1, -0.05) is 12.1 Å². The third kappa shape index (κ3) is 3.72. The molecule has 0 radical (unpaired) electrons. The van der Waals surface area contributed by atoms with Gasteiger partial charge in [-0.3, -0.25) is 9.78 Å². The Hall–Kier alpha value is -3.48. The zero-order valence-corrected chi connectivity index (χ0v) is 14.8. The molecule has 1 amide bonds. The molecule has 1 unspecified atom stereocenters. The van der Waals surface area contributed by atoms with Crippen LogP contribution in [0, 0.1) is 0 Å². The minimum absolute atomic E-state index is 0.136. The van der Waals surface area contributed by atoms with Crippen molar-refractivity contribution in [1.29, 1.82) is 0 Å². The normalized spacial score (nSPS) is 15.2. The van der Waals surface area contributed by atoms with Gasteiger partial charge in [-0.25, -0.2) is 9.97 Å². The van der Waals surface area contributed by atoms with Gasteiger partial charge in [0.2, 0.25) is 0 Å². The predicted molar refractivity (Wildman–Crippen MR) is 98.6 cm³/mol. The summed E-state index contributed by atoms with van der Waals surface area (Å²) in [4.78, 5) is 26.6. The lowest BCUT2D eigenvalue weighted by Crippen LogP contribution is -2.41. The number of aromatic nitrogens is 3. The SMILES string of the molecule is CN(CC1COc2ccccc2O1)C(=O)c1cncc(-c2cncnc2)c1. The maximum Gasteiger partial charge on any atom is 0.255 e. The summed E-state index contributed by atoms with van der Waals surface area (Å²) in [7, 11) is 1.74. The highest BCUT2D eigenvalue weighted by Gasteiger charge is 2.24. The first-order valence-corrected chi connectivity index (χ1v) is 8.55. The summed E-state index contributed by atoms with van der Waals surface area (Å²) < 4.78 is 11.6. The van der Waals surface area contributed by atoms with Gasteiger partial charge in [-0.05, 0) is 18.2 Å². The smallest absolute Gasteiger partial charge is 0.255 e. The minimum Gasteiger partial charge on any atom is -0.486 e. The number of fused-ring (bicyclic) bond motifs is 1. The van der Waals surface area contributed by atoms with Crippen LogP contribution >= 0.6 is 0 Å². The summed E-state index contributed by atoms with van der Waals surface area (Å²) in [5.41, 5.74) is 2.10. The number of carbonyl (C=O) groups excluding carboxylic acids is 1. The number of hydrogen-bond donors (Lipinski definition) is 0. The molecule has 0 fully saturated rings. The fraction of sp³-hybridized carbons (Fsp3) is 0.200. The predicted octanol–water partition coefficient (Wildman–Crippen LogP) is 2.45. The molecule has 4 rings (SSSR count). The number of pyridine rings is 1. The standard InChI is InChI=1S/C20H18N4O3/c1-24(11-17-12-26-18-4-2-3-5-19(18)27-17)20(25)15-6-14(7-21-8-15)16-9-22-13-23-10-16/h2-10,13,17H,11-12H2,1H3. The van der Waals surface area contributed by atoms with Gasteiger partial charge in [-0.15, -0.1) is 0 Å². The van der Waals surface area contributed by atoms with Crippen LogP contribution in [0.15, 0.2) is 61.4 Å². The Kier molecular flexibility index (Phi) is 4.65. The molecule has 1 aromatic carbocycles. The summed E-state index contributed by atoms with van der Waals surface area (Å²) in [5.74, 6) is 1.29. The Morgan fingerprint density at radius 2 is 1.81 bits per heavy atom. The molecular formula is C20H18N4O3. The molecule has 1 aliphatic heterocycles. The highest BCUT2D eigenvalue weighted by molar-refractivity contribution is 5.94. The summed E-state index contributed by atoms with van der Waals surface area (Å²) in [6.45, 7) is 0.806. The van der Waals surface area contributed by atoms with Crippen LogP contribution in [-0.2, 0) is 0 Å². The molecule has 0 spiro atoms. The molecule has 3 aromatic rings. The van der Waals surface area contributed by atoms with E-state index in [2.05, 4.69) is 15.0 Å². The third-order valence-electron chi connectivity index (χ3n) is 4.27. The second-order valence-electron chi connectivity index (χ2n) is 6.27. The topological polar surface area (TPSA) is 77.4 Å². The molecule has 1 aliphatic rings. The molecular weight excluding hydrogens is 344 g/mol. The summed E-state index contributed by atoms with van der Waals surface area (Å²) in [6.07, 6.45) is 7.85. The average Bonchev–Trinajstić information content (AvgIpc) is 2.74. The lowest BCUT2D eigenvalue weighted by atomic mass is 10.1. The van der Waals surface area contributed by atoms with Crippen molar-refractivity contribution in [3.8, 4) is 22.6 Å². The van der Waals surface area contributed by atoms with Gasteiger partial charge in [0.25, 0.3) is 5.91 Å². The van der Waals surface area contributed by atoms with Gasteiger partial charge in [-0.2, -0.15) is 0 Å². The molecule has 7 heteroatoms. The van der Waals surface area contributed by atoms with Crippen molar-refractivity contribution in [2.75, 3.05) is 20.2 Å². The van der Waals surface area contributed by atoms with Crippen molar-refractivity contribution < 1.29 is 14.3 Å². The molecule has 0 bridgehead atoms. The van der Waals surface area contributed by atoms with E-state index in [-0.39, 0.29) is 12.0 Å². The van der Waals surface area contributed by atoms with E-state index in [0.29, 0.717) is 24.5 Å². The van der Waals surface area contributed by atoms with Crippen molar-refractivity contribution in [2.24, 2.45) is 0 Å². The Balaban J connectivity index is 1.45. The number of nitrogens with zero attached hydrogens (tertiary/aromatic N) is 4. The van der Waals surface area contributed by atoms with Gasteiger partial charge in [0.1, 0.15) is 12.9 Å². The molecule has 2 aromatic heterocycles. The van der Waals surface area contributed by atoms with Crippen LogP contribution in [0.4, 0.5) is 0 Å². The van der Waals surface area contributed by atoms with E-state index in [1.165, 1.54) is 6.33 Å². The number of likely N-dealkylation sites (N-methyl/N-ethyl adjacent to an activating group) is 1.